The summed E-state index contributed by atoms with van der Waals surface area (Å²) >= 11 is 0. The summed E-state index contributed by atoms with van der Waals surface area (Å²) in [4.78, 5) is 0. The van der Waals surface area contributed by atoms with Crippen LogP contribution < -0.4 is 10.6 Å². The molecule has 0 bridgehead atoms. The summed E-state index contributed by atoms with van der Waals surface area (Å²) < 4.78 is 0. The van der Waals surface area contributed by atoms with E-state index in [1.807, 2.05) is 6.08 Å². The second-order valence-electron chi connectivity index (χ2n) is 2.63. The van der Waals surface area contributed by atoms with Gasteiger partial charge in [-0.15, -0.1) is 6.58 Å². The number of hydrogen-bond donors (Lipinski definition) is 1. The average molecular weight is 139 g/mol. The molecule has 1 heterocycles. The molecule has 1 aliphatic heterocycles. The van der Waals surface area contributed by atoms with Crippen LogP contribution in [0.3, 0.4) is 0 Å². The largest absolute Gasteiger partial charge is 0.317 e. The van der Waals surface area contributed by atoms with Gasteiger partial charge >= 0.3 is 0 Å². The Hall–Kier alpha value is -0.340. The van der Waals surface area contributed by atoms with Crippen molar-refractivity contribution in [3.8, 4) is 0 Å². The predicted octanol–water partition coefficient (Wildman–Crippen LogP) is 0.529. The van der Waals surface area contributed by atoms with E-state index < -0.39 is 0 Å². The molecular formula is C8H15N2. The van der Waals surface area contributed by atoms with Gasteiger partial charge < -0.3 is 5.32 Å². The van der Waals surface area contributed by atoms with E-state index >= 15 is 0 Å². The van der Waals surface area contributed by atoms with E-state index in [2.05, 4.69) is 17.2 Å². The second-order valence-corrected chi connectivity index (χ2v) is 2.63. The van der Waals surface area contributed by atoms with Crippen LogP contribution in [-0.4, -0.2) is 25.7 Å². The van der Waals surface area contributed by atoms with Crippen molar-refractivity contribution >= 4 is 0 Å². The molecule has 0 spiro atoms. The van der Waals surface area contributed by atoms with Crippen molar-refractivity contribution in [1.29, 1.82) is 0 Å². The van der Waals surface area contributed by atoms with Crippen LogP contribution in [0.25, 0.3) is 0 Å². The van der Waals surface area contributed by atoms with Gasteiger partial charge in [0.15, 0.2) is 0 Å². The van der Waals surface area contributed by atoms with Crippen molar-refractivity contribution in [3.63, 3.8) is 0 Å². The molecule has 0 saturated carbocycles. The summed E-state index contributed by atoms with van der Waals surface area (Å²) in [7, 11) is 0. The number of rotatable bonds is 3. The Labute approximate surface area is 62.7 Å². The summed E-state index contributed by atoms with van der Waals surface area (Å²) in [5.41, 5.74) is 0. The molecule has 1 saturated heterocycles. The van der Waals surface area contributed by atoms with Crippen molar-refractivity contribution in [1.82, 2.24) is 10.6 Å². The first-order valence-corrected chi connectivity index (χ1v) is 3.91. The van der Waals surface area contributed by atoms with Gasteiger partial charge in [-0.2, -0.15) is 0 Å². The van der Waals surface area contributed by atoms with E-state index in [-0.39, 0.29) is 0 Å². The fourth-order valence-electron chi connectivity index (χ4n) is 1.21. The maximum absolute atomic E-state index is 4.44. The lowest BCUT2D eigenvalue weighted by Gasteiger charge is -2.21. The van der Waals surface area contributed by atoms with Crippen molar-refractivity contribution in [3.05, 3.63) is 12.7 Å². The summed E-state index contributed by atoms with van der Waals surface area (Å²) in [6, 6.07) is 0.597. The van der Waals surface area contributed by atoms with Gasteiger partial charge in [0.2, 0.25) is 0 Å². The van der Waals surface area contributed by atoms with E-state index in [1.165, 1.54) is 12.8 Å². The second kappa shape index (κ2) is 4.47. The maximum atomic E-state index is 4.44. The molecule has 1 radical (unpaired) electrons. The Bertz CT molecular complexity index is 95.4. The molecule has 2 nitrogen and oxygen atoms in total. The lowest BCUT2D eigenvalue weighted by Crippen LogP contribution is -2.36. The van der Waals surface area contributed by atoms with Gasteiger partial charge in [-0.3, -0.25) is 0 Å². The van der Waals surface area contributed by atoms with E-state index in [0.29, 0.717) is 6.04 Å². The highest BCUT2D eigenvalue weighted by Gasteiger charge is 2.11. The van der Waals surface area contributed by atoms with E-state index in [1.54, 1.807) is 0 Å². The van der Waals surface area contributed by atoms with Crippen molar-refractivity contribution in [2.24, 2.45) is 0 Å². The fourth-order valence-corrected chi connectivity index (χ4v) is 1.21. The van der Waals surface area contributed by atoms with Gasteiger partial charge in [-0.25, -0.2) is 5.32 Å². The molecule has 1 rings (SSSR count). The third-order valence-corrected chi connectivity index (χ3v) is 1.80. The Balaban J connectivity index is 2.07. The van der Waals surface area contributed by atoms with Crippen LogP contribution in [0.1, 0.15) is 12.8 Å². The van der Waals surface area contributed by atoms with Gasteiger partial charge in [0.1, 0.15) is 0 Å². The number of hydrogen-bond acceptors (Lipinski definition) is 1. The number of nitrogens with one attached hydrogen (secondary N) is 1. The van der Waals surface area contributed by atoms with E-state index in [9.17, 15) is 0 Å². The molecule has 0 aromatic rings. The Morgan fingerprint density at radius 1 is 1.50 bits per heavy atom. The molecule has 0 aromatic carbocycles. The molecule has 2 heteroatoms. The first-order valence-electron chi connectivity index (χ1n) is 3.91. The number of nitrogens with zero attached hydrogens (tertiary/aromatic N) is 1. The molecule has 1 N–H and O–H groups in total. The minimum Gasteiger partial charge on any atom is -0.317 e. The Morgan fingerprint density at radius 2 is 2.20 bits per heavy atom. The van der Waals surface area contributed by atoms with Crippen molar-refractivity contribution < 1.29 is 0 Å². The monoisotopic (exact) mass is 139 g/mol. The van der Waals surface area contributed by atoms with Gasteiger partial charge in [0.25, 0.3) is 0 Å². The Morgan fingerprint density at radius 3 is 2.80 bits per heavy atom. The highest BCUT2D eigenvalue weighted by atomic mass is 15.0. The fraction of sp³-hybridized carbons (Fsp3) is 0.750. The highest BCUT2D eigenvalue weighted by Crippen LogP contribution is 2.02. The van der Waals surface area contributed by atoms with Gasteiger partial charge in [-0.1, -0.05) is 6.08 Å². The van der Waals surface area contributed by atoms with E-state index in [0.717, 1.165) is 19.6 Å². The SMILES string of the molecule is C=CC[N]C1CCNCC1. The zero-order valence-electron chi connectivity index (χ0n) is 6.34. The lowest BCUT2D eigenvalue weighted by molar-refractivity contribution is 0.394. The molecule has 10 heavy (non-hydrogen) atoms. The normalized spacial score (nSPS) is 20.8. The van der Waals surface area contributed by atoms with Gasteiger partial charge in [0, 0.05) is 12.6 Å². The lowest BCUT2D eigenvalue weighted by atomic mass is 10.1. The molecule has 0 atom stereocenters. The van der Waals surface area contributed by atoms with Crippen LogP contribution in [0.4, 0.5) is 0 Å². The molecule has 1 aliphatic rings. The third-order valence-electron chi connectivity index (χ3n) is 1.80. The van der Waals surface area contributed by atoms with Crippen LogP contribution in [0.2, 0.25) is 0 Å². The van der Waals surface area contributed by atoms with Crippen molar-refractivity contribution in [2.45, 2.75) is 18.9 Å². The average Bonchev–Trinajstić information content (AvgIpc) is 2.03. The molecule has 1 fully saturated rings. The Kier molecular flexibility index (Phi) is 3.47. The molecule has 0 aromatic heterocycles. The molecule has 0 unspecified atom stereocenters. The third kappa shape index (κ3) is 2.50. The molecule has 57 valence electrons. The predicted molar refractivity (Wildman–Crippen MR) is 43.1 cm³/mol. The zero-order valence-corrected chi connectivity index (χ0v) is 6.34. The van der Waals surface area contributed by atoms with Gasteiger partial charge in [0.05, 0.1) is 0 Å². The maximum Gasteiger partial charge on any atom is 0.0314 e. The van der Waals surface area contributed by atoms with Crippen LogP contribution in [0.5, 0.6) is 0 Å². The van der Waals surface area contributed by atoms with Crippen LogP contribution in [-0.2, 0) is 0 Å². The number of piperidine rings is 1. The van der Waals surface area contributed by atoms with Gasteiger partial charge in [-0.05, 0) is 25.9 Å². The zero-order chi connectivity index (χ0) is 7.23. The topological polar surface area (TPSA) is 26.1 Å². The summed E-state index contributed by atoms with van der Waals surface area (Å²) in [5, 5.41) is 7.75. The summed E-state index contributed by atoms with van der Waals surface area (Å²) in [6.07, 6.45) is 4.27. The molecule has 0 amide bonds. The highest BCUT2D eigenvalue weighted by molar-refractivity contribution is 4.78. The summed E-state index contributed by atoms with van der Waals surface area (Å²) in [5.74, 6) is 0. The van der Waals surface area contributed by atoms with Crippen molar-refractivity contribution in [2.75, 3.05) is 19.6 Å². The molecule has 0 aliphatic carbocycles. The minimum atomic E-state index is 0.597. The minimum absolute atomic E-state index is 0.597. The smallest absolute Gasteiger partial charge is 0.0314 e. The van der Waals surface area contributed by atoms with E-state index in [4.69, 9.17) is 0 Å². The quantitative estimate of drug-likeness (QED) is 0.567. The first kappa shape index (κ1) is 7.76. The standard InChI is InChI=1S/C8H15N2/c1-2-5-10-8-3-6-9-7-4-8/h2,8-9H,1,3-7H2. The first-order chi connectivity index (χ1) is 4.93. The van der Waals surface area contributed by atoms with Crippen LogP contribution >= 0.6 is 0 Å². The summed E-state index contributed by atoms with van der Waals surface area (Å²) in [6.45, 7) is 6.72. The van der Waals surface area contributed by atoms with Crippen LogP contribution in [0.15, 0.2) is 12.7 Å². The molecular weight excluding hydrogens is 124 g/mol. The van der Waals surface area contributed by atoms with Crippen LogP contribution in [0, 0.1) is 0 Å².